The van der Waals surface area contributed by atoms with E-state index in [2.05, 4.69) is 5.32 Å². The van der Waals surface area contributed by atoms with Crippen LogP contribution in [-0.4, -0.2) is 31.1 Å². The largest absolute Gasteiger partial charge is 0.494 e. The molecule has 4 rings (SSSR count). The SMILES string of the molecule is CC1Oc2ccc(NC(=O)c3ccc(Cl)c(Cl)c3)cc2N(CCCOc2ccccc2)C1=O. The van der Waals surface area contributed by atoms with Gasteiger partial charge in [-0.1, -0.05) is 41.4 Å². The van der Waals surface area contributed by atoms with Crippen LogP contribution in [0.15, 0.2) is 66.7 Å². The zero-order chi connectivity index (χ0) is 23.4. The monoisotopic (exact) mass is 484 g/mol. The maximum absolute atomic E-state index is 12.8. The molecule has 1 N–H and O–H groups in total. The van der Waals surface area contributed by atoms with E-state index in [1.54, 1.807) is 42.2 Å². The zero-order valence-electron chi connectivity index (χ0n) is 17.9. The Morgan fingerprint density at radius 2 is 1.85 bits per heavy atom. The number of nitrogens with zero attached hydrogens (tertiary/aromatic N) is 1. The molecule has 1 unspecified atom stereocenters. The van der Waals surface area contributed by atoms with Crippen molar-refractivity contribution in [2.24, 2.45) is 0 Å². The van der Waals surface area contributed by atoms with Gasteiger partial charge in [0.2, 0.25) is 0 Å². The standard InChI is InChI=1S/C25H22Cl2N2O4/c1-16-25(31)29(12-5-13-32-19-6-3-2-4-7-19)22-15-18(9-11-23(22)33-16)28-24(30)17-8-10-20(26)21(27)14-17/h2-4,6-11,14-16H,5,12-13H2,1H3,(H,28,30). The van der Waals surface area contributed by atoms with Gasteiger partial charge >= 0.3 is 0 Å². The van der Waals surface area contributed by atoms with E-state index >= 15 is 0 Å². The highest BCUT2D eigenvalue weighted by Crippen LogP contribution is 2.36. The van der Waals surface area contributed by atoms with E-state index < -0.39 is 6.10 Å². The van der Waals surface area contributed by atoms with Gasteiger partial charge in [0.05, 0.1) is 22.3 Å². The third kappa shape index (κ3) is 5.41. The summed E-state index contributed by atoms with van der Waals surface area (Å²) in [4.78, 5) is 27.1. The van der Waals surface area contributed by atoms with Crippen LogP contribution in [-0.2, 0) is 4.79 Å². The highest BCUT2D eigenvalue weighted by molar-refractivity contribution is 6.42. The van der Waals surface area contributed by atoms with Gasteiger partial charge in [-0.2, -0.15) is 0 Å². The molecule has 0 aromatic heterocycles. The fourth-order valence-electron chi connectivity index (χ4n) is 3.49. The summed E-state index contributed by atoms with van der Waals surface area (Å²) in [6.45, 7) is 2.64. The molecule has 0 radical (unpaired) electrons. The summed E-state index contributed by atoms with van der Waals surface area (Å²) in [6.07, 6.45) is 0.0383. The lowest BCUT2D eigenvalue weighted by Gasteiger charge is -2.33. The minimum atomic E-state index is -0.593. The number of hydrogen-bond acceptors (Lipinski definition) is 4. The molecule has 3 aromatic carbocycles. The number of anilines is 2. The van der Waals surface area contributed by atoms with Crippen LogP contribution in [0.5, 0.6) is 11.5 Å². The van der Waals surface area contributed by atoms with Gasteiger partial charge in [0.15, 0.2) is 6.10 Å². The summed E-state index contributed by atoms with van der Waals surface area (Å²) in [6, 6.07) is 19.4. The van der Waals surface area contributed by atoms with Gasteiger partial charge in [-0.05, 0) is 61.9 Å². The number of fused-ring (bicyclic) bond motifs is 1. The first-order chi connectivity index (χ1) is 15.9. The van der Waals surface area contributed by atoms with E-state index in [9.17, 15) is 9.59 Å². The Bertz CT molecular complexity index is 1170. The van der Waals surface area contributed by atoms with Gasteiger partial charge in [0, 0.05) is 17.8 Å². The van der Waals surface area contributed by atoms with Crippen molar-refractivity contribution in [3.8, 4) is 11.5 Å². The van der Waals surface area contributed by atoms with Gasteiger partial charge in [-0.15, -0.1) is 0 Å². The van der Waals surface area contributed by atoms with Gasteiger partial charge in [0.25, 0.3) is 11.8 Å². The molecule has 8 heteroatoms. The quantitative estimate of drug-likeness (QED) is 0.428. The minimum absolute atomic E-state index is 0.143. The first-order valence-corrected chi connectivity index (χ1v) is 11.2. The minimum Gasteiger partial charge on any atom is -0.494 e. The Morgan fingerprint density at radius 3 is 2.61 bits per heavy atom. The topological polar surface area (TPSA) is 67.9 Å². The van der Waals surface area contributed by atoms with Crippen molar-refractivity contribution in [1.29, 1.82) is 0 Å². The van der Waals surface area contributed by atoms with E-state index in [-0.39, 0.29) is 11.8 Å². The molecule has 3 aromatic rings. The fourth-order valence-corrected chi connectivity index (χ4v) is 3.78. The molecule has 2 amide bonds. The van der Waals surface area contributed by atoms with Crippen molar-refractivity contribution in [2.45, 2.75) is 19.4 Å². The summed E-state index contributed by atoms with van der Waals surface area (Å²) in [5.74, 6) is 0.883. The lowest BCUT2D eigenvalue weighted by Crippen LogP contribution is -2.45. The third-order valence-corrected chi connectivity index (χ3v) is 5.88. The van der Waals surface area contributed by atoms with Crippen LogP contribution in [0, 0.1) is 0 Å². The van der Waals surface area contributed by atoms with Crippen LogP contribution in [0.3, 0.4) is 0 Å². The van der Waals surface area contributed by atoms with E-state index in [0.29, 0.717) is 52.3 Å². The smallest absolute Gasteiger partial charge is 0.267 e. The number of benzene rings is 3. The van der Waals surface area contributed by atoms with Crippen molar-refractivity contribution in [1.82, 2.24) is 0 Å². The molecule has 0 saturated carbocycles. The predicted octanol–water partition coefficient (Wildman–Crippen LogP) is 5.83. The van der Waals surface area contributed by atoms with Crippen molar-refractivity contribution in [2.75, 3.05) is 23.4 Å². The van der Waals surface area contributed by atoms with Crippen molar-refractivity contribution in [3.63, 3.8) is 0 Å². The molecule has 1 aliphatic heterocycles. The highest BCUT2D eigenvalue weighted by Gasteiger charge is 2.31. The van der Waals surface area contributed by atoms with Crippen LogP contribution in [0.2, 0.25) is 10.0 Å². The van der Waals surface area contributed by atoms with E-state index in [0.717, 1.165) is 5.75 Å². The molecule has 0 bridgehead atoms. The van der Waals surface area contributed by atoms with Gasteiger partial charge in [-0.25, -0.2) is 0 Å². The van der Waals surface area contributed by atoms with E-state index in [1.165, 1.54) is 6.07 Å². The van der Waals surface area contributed by atoms with Crippen LogP contribution < -0.4 is 19.7 Å². The Hall–Kier alpha value is -3.22. The van der Waals surface area contributed by atoms with Crippen LogP contribution in [0.25, 0.3) is 0 Å². The lowest BCUT2D eigenvalue weighted by atomic mass is 10.1. The number of halogens is 2. The molecule has 6 nitrogen and oxygen atoms in total. The molecule has 1 aliphatic rings. The average molecular weight is 485 g/mol. The zero-order valence-corrected chi connectivity index (χ0v) is 19.4. The molecule has 170 valence electrons. The summed E-state index contributed by atoms with van der Waals surface area (Å²) in [5.41, 5.74) is 1.50. The summed E-state index contributed by atoms with van der Waals surface area (Å²) < 4.78 is 11.5. The Kier molecular flexibility index (Phi) is 7.06. The second-order valence-corrected chi connectivity index (χ2v) is 8.34. The van der Waals surface area contributed by atoms with Crippen LogP contribution in [0.1, 0.15) is 23.7 Å². The van der Waals surface area contributed by atoms with Crippen LogP contribution in [0.4, 0.5) is 11.4 Å². The number of rotatable bonds is 7. The predicted molar refractivity (Wildman–Crippen MR) is 130 cm³/mol. The molecule has 33 heavy (non-hydrogen) atoms. The number of amides is 2. The molecule has 1 atom stereocenters. The molecular weight excluding hydrogens is 463 g/mol. The molecule has 0 fully saturated rings. The number of hydrogen-bond donors (Lipinski definition) is 1. The molecule has 0 aliphatic carbocycles. The lowest BCUT2D eigenvalue weighted by molar-refractivity contribution is -0.125. The summed E-state index contributed by atoms with van der Waals surface area (Å²) >= 11 is 12.0. The Balaban J connectivity index is 1.47. The van der Waals surface area contributed by atoms with Crippen molar-refractivity contribution >= 4 is 46.4 Å². The maximum atomic E-state index is 12.8. The van der Waals surface area contributed by atoms with E-state index in [1.807, 2.05) is 30.3 Å². The molecule has 1 heterocycles. The second kappa shape index (κ2) is 10.1. The number of para-hydroxylation sites is 1. The number of carbonyl (C=O) groups excluding carboxylic acids is 2. The second-order valence-electron chi connectivity index (χ2n) is 7.53. The molecular formula is C25H22Cl2N2O4. The van der Waals surface area contributed by atoms with E-state index in [4.69, 9.17) is 32.7 Å². The van der Waals surface area contributed by atoms with Crippen LogP contribution >= 0.6 is 23.2 Å². The van der Waals surface area contributed by atoms with Crippen molar-refractivity contribution < 1.29 is 19.1 Å². The summed E-state index contributed by atoms with van der Waals surface area (Å²) in [5, 5.41) is 3.50. The third-order valence-electron chi connectivity index (χ3n) is 5.14. The average Bonchev–Trinajstić information content (AvgIpc) is 2.81. The number of ether oxygens (including phenoxy) is 2. The Labute approximate surface area is 202 Å². The van der Waals surface area contributed by atoms with Gasteiger partial charge < -0.3 is 19.7 Å². The molecule has 0 spiro atoms. The molecule has 0 saturated heterocycles. The Morgan fingerprint density at radius 1 is 1.06 bits per heavy atom. The first-order valence-electron chi connectivity index (χ1n) is 10.5. The van der Waals surface area contributed by atoms with Crippen molar-refractivity contribution in [3.05, 3.63) is 82.3 Å². The van der Waals surface area contributed by atoms with Gasteiger partial charge in [-0.3, -0.25) is 9.59 Å². The number of nitrogens with one attached hydrogen (secondary N) is 1. The summed E-state index contributed by atoms with van der Waals surface area (Å²) in [7, 11) is 0. The first kappa shape index (κ1) is 23.0. The maximum Gasteiger partial charge on any atom is 0.267 e. The normalized spacial score (nSPS) is 14.9. The van der Waals surface area contributed by atoms with Gasteiger partial charge in [0.1, 0.15) is 11.5 Å². The highest BCUT2D eigenvalue weighted by atomic mass is 35.5. The number of carbonyl (C=O) groups is 2. The fraction of sp³-hybridized carbons (Fsp3) is 0.200.